The van der Waals surface area contributed by atoms with Gasteiger partial charge in [0.2, 0.25) is 0 Å². The Morgan fingerprint density at radius 3 is 2.24 bits per heavy atom. The molecule has 0 amide bonds. The zero-order valence-corrected chi connectivity index (χ0v) is 12.0. The molecular formula is C14H23NOS. The summed E-state index contributed by atoms with van der Waals surface area (Å²) in [5.74, 6) is 0. The number of nitrogens with one attached hydrogen (secondary N) is 1. The Bertz CT molecular complexity index is 350. The summed E-state index contributed by atoms with van der Waals surface area (Å²) in [5.41, 5.74) is 1.22. The van der Waals surface area contributed by atoms with Crippen LogP contribution in [0.5, 0.6) is 0 Å². The van der Waals surface area contributed by atoms with Gasteiger partial charge in [0.25, 0.3) is 0 Å². The Labute approximate surface area is 107 Å². The van der Waals surface area contributed by atoms with Gasteiger partial charge in [-0.15, -0.1) is 0 Å². The van der Waals surface area contributed by atoms with Gasteiger partial charge >= 0.3 is 0 Å². The van der Waals surface area contributed by atoms with Crippen LogP contribution in [0.4, 0.5) is 0 Å². The molecule has 0 aliphatic heterocycles. The van der Waals surface area contributed by atoms with Crippen molar-refractivity contribution in [2.75, 3.05) is 7.05 Å². The van der Waals surface area contributed by atoms with Crippen molar-refractivity contribution < 1.29 is 4.21 Å². The third-order valence-electron chi connectivity index (χ3n) is 3.01. The Morgan fingerprint density at radius 2 is 1.82 bits per heavy atom. The van der Waals surface area contributed by atoms with E-state index in [1.165, 1.54) is 5.56 Å². The molecule has 0 aliphatic rings. The van der Waals surface area contributed by atoms with Gasteiger partial charge in [0, 0.05) is 22.1 Å². The van der Waals surface area contributed by atoms with E-state index in [-0.39, 0.29) is 16.5 Å². The van der Waals surface area contributed by atoms with Gasteiger partial charge in [-0.1, -0.05) is 51.1 Å². The van der Waals surface area contributed by atoms with Crippen LogP contribution in [0, 0.1) is 0 Å². The lowest BCUT2D eigenvalue weighted by atomic mass is 10.0. The van der Waals surface area contributed by atoms with Gasteiger partial charge in [0.05, 0.1) is 5.25 Å². The lowest BCUT2D eigenvalue weighted by Crippen LogP contribution is -2.35. The monoisotopic (exact) mass is 253 g/mol. The average molecular weight is 253 g/mol. The Kier molecular flexibility index (Phi) is 5.86. The molecule has 1 rings (SSSR count). The second-order valence-electron chi connectivity index (χ2n) is 4.50. The van der Waals surface area contributed by atoms with E-state index in [4.69, 9.17) is 0 Å². The largest absolute Gasteiger partial charge is 0.312 e. The molecule has 0 aliphatic carbocycles. The van der Waals surface area contributed by atoms with Crippen LogP contribution in [-0.2, 0) is 10.8 Å². The van der Waals surface area contributed by atoms with Crippen molar-refractivity contribution in [1.82, 2.24) is 5.32 Å². The number of hydrogen-bond acceptors (Lipinski definition) is 2. The highest BCUT2D eigenvalue weighted by Crippen LogP contribution is 2.24. The van der Waals surface area contributed by atoms with Crippen molar-refractivity contribution in [1.29, 1.82) is 0 Å². The summed E-state index contributed by atoms with van der Waals surface area (Å²) in [6.45, 7) is 6.16. The highest BCUT2D eigenvalue weighted by Gasteiger charge is 2.27. The second-order valence-corrected chi connectivity index (χ2v) is 6.71. The van der Waals surface area contributed by atoms with Crippen LogP contribution in [0.15, 0.2) is 30.3 Å². The molecule has 2 nitrogen and oxygen atoms in total. The first-order valence-electron chi connectivity index (χ1n) is 6.23. The van der Waals surface area contributed by atoms with E-state index < -0.39 is 10.8 Å². The smallest absolute Gasteiger partial charge is 0.0542 e. The van der Waals surface area contributed by atoms with Crippen molar-refractivity contribution in [3.63, 3.8) is 0 Å². The zero-order valence-electron chi connectivity index (χ0n) is 11.1. The van der Waals surface area contributed by atoms with E-state index in [9.17, 15) is 4.21 Å². The minimum absolute atomic E-state index is 0.169. The summed E-state index contributed by atoms with van der Waals surface area (Å²) in [7, 11) is 1.14. The number of benzene rings is 1. The molecule has 17 heavy (non-hydrogen) atoms. The summed E-state index contributed by atoms with van der Waals surface area (Å²) in [6.07, 6.45) is 0.922. The van der Waals surface area contributed by atoms with Crippen molar-refractivity contribution in [2.45, 2.75) is 43.7 Å². The first-order valence-corrected chi connectivity index (χ1v) is 7.51. The number of rotatable bonds is 6. The van der Waals surface area contributed by atoms with Crippen LogP contribution < -0.4 is 5.32 Å². The molecular weight excluding hydrogens is 230 g/mol. The fraction of sp³-hybridized carbons (Fsp3) is 0.571. The summed E-state index contributed by atoms with van der Waals surface area (Å²) in [6, 6.07) is 10.4. The van der Waals surface area contributed by atoms with Crippen LogP contribution in [0.2, 0.25) is 0 Å². The second kappa shape index (κ2) is 6.92. The van der Waals surface area contributed by atoms with E-state index in [0.717, 1.165) is 6.42 Å². The van der Waals surface area contributed by atoms with Gasteiger partial charge in [0.15, 0.2) is 0 Å². The summed E-state index contributed by atoms with van der Waals surface area (Å²) >= 11 is 0. The molecule has 0 saturated carbocycles. The van der Waals surface area contributed by atoms with Gasteiger partial charge in [0.1, 0.15) is 0 Å². The molecule has 3 atom stereocenters. The third kappa shape index (κ3) is 3.65. The van der Waals surface area contributed by atoms with Gasteiger partial charge in [-0.2, -0.15) is 0 Å². The predicted octanol–water partition coefficient (Wildman–Crippen LogP) is 2.88. The molecule has 0 aromatic heterocycles. The van der Waals surface area contributed by atoms with Crippen molar-refractivity contribution >= 4 is 10.8 Å². The Hall–Kier alpha value is -0.670. The maximum absolute atomic E-state index is 12.3. The summed E-state index contributed by atoms with van der Waals surface area (Å²) in [4.78, 5) is 0. The maximum Gasteiger partial charge on any atom is 0.0542 e. The molecule has 0 heterocycles. The Morgan fingerprint density at radius 1 is 1.24 bits per heavy atom. The molecule has 0 radical (unpaired) electrons. The molecule has 0 saturated heterocycles. The van der Waals surface area contributed by atoms with Gasteiger partial charge in [-0.05, 0) is 19.0 Å². The standard InChI is InChI=1S/C14H23NOS/c1-5-13(17(16)11(2)3)14(15-4)12-9-7-6-8-10-12/h6-11,13-15H,5H2,1-4H3. The topological polar surface area (TPSA) is 29.1 Å². The molecule has 3 unspecified atom stereocenters. The highest BCUT2D eigenvalue weighted by atomic mass is 32.2. The highest BCUT2D eigenvalue weighted by molar-refractivity contribution is 7.86. The fourth-order valence-corrected chi connectivity index (χ4v) is 3.70. The molecule has 1 aromatic carbocycles. The Balaban J connectivity index is 2.96. The van der Waals surface area contributed by atoms with Gasteiger partial charge in [-0.3, -0.25) is 4.21 Å². The first-order chi connectivity index (χ1) is 8.11. The fourth-order valence-electron chi connectivity index (χ4n) is 2.11. The quantitative estimate of drug-likeness (QED) is 0.844. The molecule has 1 aromatic rings. The van der Waals surface area contributed by atoms with Gasteiger partial charge in [-0.25, -0.2) is 0 Å². The minimum Gasteiger partial charge on any atom is -0.312 e. The summed E-state index contributed by atoms with van der Waals surface area (Å²) in [5, 5.41) is 3.69. The minimum atomic E-state index is -0.802. The van der Waals surface area contributed by atoms with Crippen molar-refractivity contribution in [2.24, 2.45) is 0 Å². The van der Waals surface area contributed by atoms with E-state index in [2.05, 4.69) is 24.4 Å². The van der Waals surface area contributed by atoms with Crippen LogP contribution in [0.1, 0.15) is 38.8 Å². The molecule has 96 valence electrons. The number of hydrogen-bond donors (Lipinski definition) is 1. The molecule has 3 heteroatoms. The van der Waals surface area contributed by atoms with E-state index in [1.54, 1.807) is 0 Å². The molecule has 1 N–H and O–H groups in total. The van der Waals surface area contributed by atoms with E-state index in [1.807, 2.05) is 39.1 Å². The van der Waals surface area contributed by atoms with Crippen LogP contribution >= 0.6 is 0 Å². The normalized spacial score (nSPS) is 16.8. The van der Waals surface area contributed by atoms with Crippen LogP contribution in [0.3, 0.4) is 0 Å². The zero-order chi connectivity index (χ0) is 12.8. The molecule has 0 fully saturated rings. The van der Waals surface area contributed by atoms with Crippen LogP contribution in [-0.4, -0.2) is 21.8 Å². The average Bonchev–Trinajstić information content (AvgIpc) is 2.35. The van der Waals surface area contributed by atoms with Crippen molar-refractivity contribution in [3.05, 3.63) is 35.9 Å². The first kappa shape index (κ1) is 14.4. The molecule has 0 spiro atoms. The van der Waals surface area contributed by atoms with E-state index >= 15 is 0 Å². The van der Waals surface area contributed by atoms with Gasteiger partial charge < -0.3 is 5.32 Å². The third-order valence-corrected chi connectivity index (χ3v) is 5.14. The predicted molar refractivity (Wildman–Crippen MR) is 75.6 cm³/mol. The maximum atomic E-state index is 12.3. The van der Waals surface area contributed by atoms with Crippen molar-refractivity contribution in [3.8, 4) is 0 Å². The SMILES string of the molecule is CCC(C(NC)c1ccccc1)S(=O)C(C)C. The lowest BCUT2D eigenvalue weighted by molar-refractivity contribution is 0.536. The van der Waals surface area contributed by atoms with Crippen LogP contribution in [0.25, 0.3) is 0 Å². The lowest BCUT2D eigenvalue weighted by Gasteiger charge is -2.27. The van der Waals surface area contributed by atoms with E-state index in [0.29, 0.717) is 0 Å². The summed E-state index contributed by atoms with van der Waals surface area (Å²) < 4.78 is 12.3. The molecule has 0 bridgehead atoms.